The van der Waals surface area contributed by atoms with Crippen molar-refractivity contribution in [1.29, 1.82) is 0 Å². The second-order valence-corrected chi connectivity index (χ2v) is 5.46. The third kappa shape index (κ3) is 5.74. The predicted octanol–water partition coefficient (Wildman–Crippen LogP) is 6.70. The Kier molecular flexibility index (Phi) is 7.69. The van der Waals surface area contributed by atoms with Gasteiger partial charge in [0.25, 0.3) is 0 Å². The number of rotatable bonds is 2. The van der Waals surface area contributed by atoms with Crippen molar-refractivity contribution in [1.82, 2.24) is 0 Å². The molecule has 0 aromatic heterocycles. The molecule has 0 aliphatic rings. The Labute approximate surface area is 160 Å². The molecule has 126 valence electrons. The van der Waals surface area contributed by atoms with Gasteiger partial charge in [-0.2, -0.15) is 0 Å². The van der Waals surface area contributed by atoms with Gasteiger partial charge in [-0.05, 0) is 22.3 Å². The minimum Gasteiger partial charge on any atom is -0.0622 e. The van der Waals surface area contributed by atoms with E-state index in [1.807, 2.05) is 24.3 Å². The molecule has 4 aromatic carbocycles. The van der Waals surface area contributed by atoms with E-state index in [0.717, 1.165) is 0 Å². The summed E-state index contributed by atoms with van der Waals surface area (Å²) in [5, 5.41) is 0. The summed E-state index contributed by atoms with van der Waals surface area (Å²) in [7, 11) is 0. The van der Waals surface area contributed by atoms with Gasteiger partial charge < -0.3 is 0 Å². The zero-order valence-electron chi connectivity index (χ0n) is 13.9. The van der Waals surface area contributed by atoms with Crippen LogP contribution in [0.15, 0.2) is 121 Å². The molecule has 0 unspecified atom stereocenters. The van der Waals surface area contributed by atoms with Crippen molar-refractivity contribution in [3.63, 3.8) is 0 Å². The topological polar surface area (TPSA) is 0 Å². The second kappa shape index (κ2) is 10.3. The first-order chi connectivity index (χ1) is 11.9. The molecule has 0 bridgehead atoms. The molecule has 0 heterocycles. The first kappa shape index (κ1) is 18.7. The van der Waals surface area contributed by atoms with E-state index in [4.69, 9.17) is 0 Å². The van der Waals surface area contributed by atoms with Crippen LogP contribution >= 0.6 is 0 Å². The average Bonchev–Trinajstić information content (AvgIpc) is 2.71. The molecule has 0 N–H and O–H groups in total. The zero-order valence-corrected chi connectivity index (χ0v) is 14.9. The fraction of sp³-hybridized carbons (Fsp3) is 0. The van der Waals surface area contributed by atoms with Gasteiger partial charge in [-0.25, -0.2) is 0 Å². The van der Waals surface area contributed by atoms with Crippen molar-refractivity contribution in [3.05, 3.63) is 121 Å². The minimum absolute atomic E-state index is 0. The average molecular weight is 367 g/mol. The van der Waals surface area contributed by atoms with Gasteiger partial charge in [-0.3, -0.25) is 0 Å². The molecule has 1 heteroatoms. The van der Waals surface area contributed by atoms with Gasteiger partial charge in [0, 0.05) is 16.5 Å². The maximum absolute atomic E-state index is 2.12. The van der Waals surface area contributed by atoms with Crippen LogP contribution in [-0.4, -0.2) is 0 Å². The van der Waals surface area contributed by atoms with Crippen LogP contribution in [0.2, 0.25) is 0 Å². The van der Waals surface area contributed by atoms with Crippen LogP contribution < -0.4 is 0 Å². The summed E-state index contributed by atoms with van der Waals surface area (Å²) in [6.45, 7) is 0. The fourth-order valence-electron chi connectivity index (χ4n) is 2.52. The van der Waals surface area contributed by atoms with E-state index in [-0.39, 0.29) is 16.5 Å². The van der Waals surface area contributed by atoms with E-state index >= 15 is 0 Å². The van der Waals surface area contributed by atoms with Crippen molar-refractivity contribution >= 4 is 0 Å². The monoisotopic (exact) mass is 366 g/mol. The standard InChI is InChI=1S/2C12H10.Ni/c2*1-3-7-11(8-4-1)12-9-5-2-6-10-12;/h2*1-10H;. The van der Waals surface area contributed by atoms with Gasteiger partial charge in [0.05, 0.1) is 0 Å². The Morgan fingerprint density at radius 1 is 0.240 bits per heavy atom. The fourth-order valence-corrected chi connectivity index (χ4v) is 2.52. The summed E-state index contributed by atoms with van der Waals surface area (Å²) in [5.41, 5.74) is 5.10. The van der Waals surface area contributed by atoms with Gasteiger partial charge in [0.2, 0.25) is 0 Å². The Morgan fingerprint density at radius 2 is 0.400 bits per heavy atom. The second-order valence-electron chi connectivity index (χ2n) is 5.46. The van der Waals surface area contributed by atoms with E-state index in [9.17, 15) is 0 Å². The summed E-state index contributed by atoms with van der Waals surface area (Å²) in [5.74, 6) is 0. The Bertz CT molecular complexity index is 676. The van der Waals surface area contributed by atoms with Gasteiger partial charge in [-0.15, -0.1) is 0 Å². The number of hydrogen-bond donors (Lipinski definition) is 0. The van der Waals surface area contributed by atoms with Gasteiger partial charge >= 0.3 is 0 Å². The smallest absolute Gasteiger partial charge is 0 e. The molecule has 0 aliphatic carbocycles. The van der Waals surface area contributed by atoms with Gasteiger partial charge in [-0.1, -0.05) is 121 Å². The summed E-state index contributed by atoms with van der Waals surface area (Å²) >= 11 is 0. The van der Waals surface area contributed by atoms with E-state index in [2.05, 4.69) is 97.1 Å². The van der Waals surface area contributed by atoms with Crippen LogP contribution in [0.4, 0.5) is 0 Å². The summed E-state index contributed by atoms with van der Waals surface area (Å²) in [6.07, 6.45) is 0. The van der Waals surface area contributed by atoms with Crippen molar-refractivity contribution < 1.29 is 16.5 Å². The Hall–Kier alpha value is -2.63. The van der Waals surface area contributed by atoms with Crippen molar-refractivity contribution in [2.75, 3.05) is 0 Å². The molecule has 0 nitrogen and oxygen atoms in total. The molecule has 25 heavy (non-hydrogen) atoms. The zero-order chi connectivity index (χ0) is 16.5. The van der Waals surface area contributed by atoms with Crippen LogP contribution in [-0.2, 0) is 16.5 Å². The van der Waals surface area contributed by atoms with E-state index in [0.29, 0.717) is 0 Å². The van der Waals surface area contributed by atoms with Crippen molar-refractivity contribution in [2.45, 2.75) is 0 Å². The maximum atomic E-state index is 2.12. The SMILES string of the molecule is [Ni].c1ccc(-c2ccccc2)cc1.c1ccc(-c2ccccc2)cc1. The van der Waals surface area contributed by atoms with E-state index in [1.54, 1.807) is 0 Å². The van der Waals surface area contributed by atoms with Crippen LogP contribution in [0, 0.1) is 0 Å². The van der Waals surface area contributed by atoms with Crippen LogP contribution in [0.1, 0.15) is 0 Å². The summed E-state index contributed by atoms with van der Waals surface area (Å²) < 4.78 is 0. The number of benzene rings is 4. The quantitative estimate of drug-likeness (QED) is 0.346. The molecule has 0 saturated carbocycles. The Balaban J connectivity index is 0.000000173. The Morgan fingerprint density at radius 3 is 0.560 bits per heavy atom. The molecule has 0 spiro atoms. The molecule has 0 aliphatic heterocycles. The molecule has 0 radical (unpaired) electrons. The van der Waals surface area contributed by atoms with E-state index < -0.39 is 0 Å². The first-order valence-corrected chi connectivity index (χ1v) is 8.14. The normalized spacial score (nSPS) is 9.28. The van der Waals surface area contributed by atoms with Crippen LogP contribution in [0.3, 0.4) is 0 Å². The molecule has 0 fully saturated rings. The van der Waals surface area contributed by atoms with Crippen molar-refractivity contribution in [2.24, 2.45) is 0 Å². The van der Waals surface area contributed by atoms with Crippen molar-refractivity contribution in [3.8, 4) is 22.3 Å². The van der Waals surface area contributed by atoms with Gasteiger partial charge in [0.1, 0.15) is 0 Å². The summed E-state index contributed by atoms with van der Waals surface area (Å²) in [6, 6.07) is 41.6. The third-order valence-electron chi connectivity index (χ3n) is 3.76. The molecule has 4 aromatic rings. The van der Waals surface area contributed by atoms with Crippen LogP contribution in [0.5, 0.6) is 0 Å². The molecular weight excluding hydrogens is 347 g/mol. The molecular formula is C24H20Ni. The third-order valence-corrected chi connectivity index (χ3v) is 3.76. The maximum Gasteiger partial charge on any atom is 0 e. The predicted molar refractivity (Wildman–Crippen MR) is 104 cm³/mol. The van der Waals surface area contributed by atoms with Gasteiger partial charge in [0.15, 0.2) is 0 Å². The summed E-state index contributed by atoms with van der Waals surface area (Å²) in [4.78, 5) is 0. The molecule has 4 rings (SSSR count). The minimum atomic E-state index is 0. The van der Waals surface area contributed by atoms with Crippen LogP contribution in [0.25, 0.3) is 22.3 Å². The molecule has 0 amide bonds. The first-order valence-electron chi connectivity index (χ1n) is 8.14. The molecule has 0 atom stereocenters. The van der Waals surface area contributed by atoms with E-state index in [1.165, 1.54) is 22.3 Å². The largest absolute Gasteiger partial charge is 0.0622 e. The number of hydrogen-bond acceptors (Lipinski definition) is 0. The molecule has 0 saturated heterocycles.